The summed E-state index contributed by atoms with van der Waals surface area (Å²) in [6, 6.07) is 4.52. The number of phenolic OH excluding ortho intramolecular Hbond substituents is 1. The molecule has 4 atom stereocenters. The highest BCUT2D eigenvalue weighted by molar-refractivity contribution is 6.13. The Morgan fingerprint density at radius 1 is 1.18 bits per heavy atom. The molecule has 0 saturated heterocycles. The second-order valence-electron chi connectivity index (χ2n) is 9.46. The second kappa shape index (κ2) is 7.44. The van der Waals surface area contributed by atoms with Gasteiger partial charge in [-0.2, -0.15) is 0 Å². The van der Waals surface area contributed by atoms with Crippen molar-refractivity contribution in [3.8, 4) is 11.5 Å². The van der Waals surface area contributed by atoms with Crippen LogP contribution in [0.4, 0.5) is 0 Å². The number of hydrogen-bond donors (Lipinski definition) is 1. The van der Waals surface area contributed by atoms with Crippen molar-refractivity contribution in [3.05, 3.63) is 68.0 Å². The molecule has 1 saturated carbocycles. The summed E-state index contributed by atoms with van der Waals surface area (Å²) in [5.74, 6) is -1.56. The lowest BCUT2D eigenvalue weighted by atomic mass is 9.51. The Morgan fingerprint density at radius 2 is 1.91 bits per heavy atom. The minimum atomic E-state index is -1.17. The van der Waals surface area contributed by atoms with E-state index in [1.54, 1.807) is 32.0 Å². The molecule has 5 rings (SSSR count). The van der Waals surface area contributed by atoms with Crippen molar-refractivity contribution in [2.75, 3.05) is 6.61 Å². The summed E-state index contributed by atoms with van der Waals surface area (Å²) in [5.41, 5.74) is -0.500. The van der Waals surface area contributed by atoms with E-state index in [4.69, 9.17) is 4.74 Å². The van der Waals surface area contributed by atoms with Crippen LogP contribution in [0.3, 0.4) is 0 Å². The van der Waals surface area contributed by atoms with Gasteiger partial charge in [0.2, 0.25) is 0 Å². The Bertz CT molecular complexity index is 1420. The molecule has 0 bridgehead atoms. The van der Waals surface area contributed by atoms with Gasteiger partial charge in [-0.1, -0.05) is 25.1 Å². The van der Waals surface area contributed by atoms with Crippen molar-refractivity contribution in [1.29, 1.82) is 0 Å². The summed E-state index contributed by atoms with van der Waals surface area (Å²) in [5, 5.41) is 11.2. The molecule has 2 aromatic rings. The average molecular weight is 466 g/mol. The SMILES string of the molecule is CCOc1cccc([C@H]2C3=CCn4c(=O)n(C)c(=O)n4[C@@H]3C[C@H]3C(=O)C=C(C)C(=O)[C@@]23C)c1O. The first-order valence-electron chi connectivity index (χ1n) is 11.4. The molecule has 34 heavy (non-hydrogen) atoms. The van der Waals surface area contributed by atoms with Gasteiger partial charge in [-0.3, -0.25) is 9.59 Å². The number of ether oxygens (including phenoxy) is 1. The number of benzene rings is 1. The van der Waals surface area contributed by atoms with Gasteiger partial charge < -0.3 is 9.84 Å². The van der Waals surface area contributed by atoms with Gasteiger partial charge in [0.05, 0.1) is 24.6 Å². The first-order valence-corrected chi connectivity index (χ1v) is 11.4. The predicted molar refractivity (Wildman–Crippen MR) is 123 cm³/mol. The average Bonchev–Trinajstić information content (AvgIpc) is 3.03. The van der Waals surface area contributed by atoms with E-state index in [2.05, 4.69) is 0 Å². The molecule has 1 fully saturated rings. The van der Waals surface area contributed by atoms with Crippen LogP contribution in [0.15, 0.2) is 51.1 Å². The third-order valence-electron chi connectivity index (χ3n) is 7.74. The van der Waals surface area contributed by atoms with E-state index < -0.39 is 34.7 Å². The van der Waals surface area contributed by atoms with Gasteiger partial charge in [-0.25, -0.2) is 23.5 Å². The fraction of sp³-hybridized carbons (Fsp3) is 0.440. The van der Waals surface area contributed by atoms with E-state index in [0.29, 0.717) is 17.7 Å². The van der Waals surface area contributed by atoms with Crippen molar-refractivity contribution in [2.45, 2.75) is 45.7 Å². The largest absolute Gasteiger partial charge is 0.504 e. The van der Waals surface area contributed by atoms with Crippen LogP contribution < -0.4 is 16.1 Å². The number of aromatic nitrogens is 3. The molecule has 0 spiro atoms. The molecule has 9 nitrogen and oxygen atoms in total. The zero-order chi connectivity index (χ0) is 24.5. The van der Waals surface area contributed by atoms with E-state index in [-0.39, 0.29) is 36.0 Å². The molecule has 1 aliphatic heterocycles. The number of carbonyl (C=O) groups excluding carboxylic acids is 2. The number of hydrogen-bond acceptors (Lipinski definition) is 6. The van der Waals surface area contributed by atoms with E-state index in [0.717, 1.165) is 10.1 Å². The van der Waals surface area contributed by atoms with Crippen LogP contribution in [-0.2, 0) is 23.2 Å². The van der Waals surface area contributed by atoms with Gasteiger partial charge in [-0.05, 0) is 43.6 Å². The molecule has 1 aromatic heterocycles. The molecule has 1 N–H and O–H groups in total. The monoisotopic (exact) mass is 465 g/mol. The highest BCUT2D eigenvalue weighted by atomic mass is 16.5. The summed E-state index contributed by atoms with van der Waals surface area (Å²) in [6.45, 7) is 5.72. The smallest absolute Gasteiger partial charge is 0.347 e. The van der Waals surface area contributed by atoms with E-state index in [1.165, 1.54) is 22.5 Å². The minimum absolute atomic E-state index is 0.0910. The van der Waals surface area contributed by atoms with Crippen LogP contribution in [-0.4, -0.2) is 37.2 Å². The third kappa shape index (κ3) is 2.72. The number of aromatic hydroxyl groups is 1. The maximum absolute atomic E-state index is 13.7. The van der Waals surface area contributed by atoms with Crippen LogP contribution >= 0.6 is 0 Å². The Hall–Kier alpha value is -3.62. The molecule has 0 amide bonds. The van der Waals surface area contributed by atoms with Crippen LogP contribution in [0.2, 0.25) is 0 Å². The van der Waals surface area contributed by atoms with Crippen molar-refractivity contribution in [3.63, 3.8) is 0 Å². The van der Waals surface area contributed by atoms with Crippen molar-refractivity contribution in [1.82, 2.24) is 13.9 Å². The summed E-state index contributed by atoms with van der Waals surface area (Å²) in [7, 11) is 1.42. The van der Waals surface area contributed by atoms with Gasteiger partial charge in [-0.15, -0.1) is 0 Å². The standard InChI is InChI=1S/C25H27N3O6/c1-5-34-19-8-6-7-15(21(19)30)20-14-9-10-27-23(32)26(4)24(33)28(27)17(14)12-16-18(29)11-13(2)22(31)25(16,20)3/h6-9,11,16-17,20,30H,5,10,12H2,1-4H3/t16-,17+,20+,25+/m0/s1. The quantitative estimate of drug-likeness (QED) is 0.693. The van der Waals surface area contributed by atoms with Crippen molar-refractivity contribution >= 4 is 11.6 Å². The first kappa shape index (κ1) is 22.2. The summed E-state index contributed by atoms with van der Waals surface area (Å²) < 4.78 is 9.41. The highest BCUT2D eigenvalue weighted by Gasteiger charge is 2.60. The van der Waals surface area contributed by atoms with Crippen molar-refractivity contribution < 1.29 is 19.4 Å². The minimum Gasteiger partial charge on any atom is -0.504 e. The first-order chi connectivity index (χ1) is 16.1. The highest BCUT2D eigenvalue weighted by Crippen LogP contribution is 2.61. The molecular weight excluding hydrogens is 438 g/mol. The molecule has 0 radical (unpaired) electrons. The van der Waals surface area contributed by atoms with E-state index in [1.807, 2.05) is 13.0 Å². The topological polar surface area (TPSA) is 113 Å². The molecule has 9 heteroatoms. The number of para-hydroxylation sites is 1. The number of carbonyl (C=O) groups is 2. The molecule has 2 heterocycles. The van der Waals surface area contributed by atoms with Crippen LogP contribution in [0.5, 0.6) is 11.5 Å². The molecule has 2 aliphatic carbocycles. The fourth-order valence-corrected chi connectivity index (χ4v) is 6.15. The Morgan fingerprint density at radius 3 is 2.62 bits per heavy atom. The predicted octanol–water partition coefficient (Wildman–Crippen LogP) is 1.84. The maximum atomic E-state index is 13.7. The summed E-state index contributed by atoms with van der Waals surface area (Å²) in [6.07, 6.45) is 3.44. The molecule has 3 aliphatic rings. The summed E-state index contributed by atoms with van der Waals surface area (Å²) >= 11 is 0. The lowest BCUT2D eigenvalue weighted by Crippen LogP contribution is -2.54. The maximum Gasteiger partial charge on any atom is 0.347 e. The zero-order valence-corrected chi connectivity index (χ0v) is 19.6. The van der Waals surface area contributed by atoms with Gasteiger partial charge in [0.1, 0.15) is 0 Å². The second-order valence-corrected chi connectivity index (χ2v) is 9.46. The number of allylic oxidation sites excluding steroid dienone is 4. The van der Waals surface area contributed by atoms with Gasteiger partial charge >= 0.3 is 11.4 Å². The van der Waals surface area contributed by atoms with Crippen molar-refractivity contribution in [2.24, 2.45) is 18.4 Å². The molecule has 178 valence electrons. The molecule has 1 aromatic carbocycles. The van der Waals surface area contributed by atoms with E-state index >= 15 is 0 Å². The van der Waals surface area contributed by atoms with Crippen LogP contribution in [0, 0.1) is 11.3 Å². The lowest BCUT2D eigenvalue weighted by molar-refractivity contribution is -0.139. The van der Waals surface area contributed by atoms with E-state index in [9.17, 15) is 24.3 Å². The number of rotatable bonds is 3. The Balaban J connectivity index is 1.80. The van der Waals surface area contributed by atoms with Crippen LogP contribution in [0.1, 0.15) is 44.7 Å². The number of fused-ring (bicyclic) bond motifs is 4. The van der Waals surface area contributed by atoms with Gasteiger partial charge in [0, 0.05) is 24.4 Å². The zero-order valence-electron chi connectivity index (χ0n) is 19.6. The molecule has 0 unspecified atom stereocenters. The lowest BCUT2D eigenvalue weighted by Gasteiger charge is -2.52. The number of phenols is 1. The van der Waals surface area contributed by atoms with Crippen LogP contribution in [0.25, 0.3) is 0 Å². The number of Topliss-reactive ketones (excluding diaryl/α,β-unsaturated/α-hetero) is 1. The van der Waals surface area contributed by atoms with Gasteiger partial charge in [0.25, 0.3) is 0 Å². The number of ketones is 2. The molecular formula is C25H27N3O6. The summed E-state index contributed by atoms with van der Waals surface area (Å²) in [4.78, 5) is 52.6. The fourth-order valence-electron chi connectivity index (χ4n) is 6.15. The normalized spacial score (nSPS) is 27.9. The Kier molecular flexibility index (Phi) is 4.86. The third-order valence-corrected chi connectivity index (χ3v) is 7.74. The number of nitrogens with zero attached hydrogens (tertiary/aromatic N) is 3. The van der Waals surface area contributed by atoms with Gasteiger partial charge in [0.15, 0.2) is 23.1 Å². The Labute approximate surface area is 195 Å².